The highest BCUT2D eigenvalue weighted by Crippen LogP contribution is 2.20. The predicted molar refractivity (Wildman–Crippen MR) is 89.8 cm³/mol. The second-order valence-corrected chi connectivity index (χ2v) is 6.10. The van der Waals surface area contributed by atoms with Crippen LogP contribution in [0.3, 0.4) is 0 Å². The Labute approximate surface area is 143 Å². The lowest BCUT2D eigenvalue weighted by Crippen LogP contribution is -2.44. The van der Waals surface area contributed by atoms with E-state index in [0.29, 0.717) is 18.7 Å². The van der Waals surface area contributed by atoms with Crippen LogP contribution in [0.2, 0.25) is 0 Å². The molecule has 7 heteroatoms. The topological polar surface area (TPSA) is 71.1 Å². The predicted octanol–water partition coefficient (Wildman–Crippen LogP) is 2.78. The quantitative estimate of drug-likeness (QED) is 0.796. The number of aromatic nitrogens is 3. The standard InChI is InChI=1S/C18H17FN4O2/c19-14-9-21-18(22-10-14)25-15-2-1-7-23(11-15)17(24)13-3-4-16-12(8-13)5-6-20-16/h3-6,8-10,15,20H,1-2,7,11H2. The van der Waals surface area contributed by atoms with E-state index in [1.807, 2.05) is 30.5 Å². The number of amides is 1. The number of carbonyl (C=O) groups is 1. The number of hydrogen-bond acceptors (Lipinski definition) is 4. The second kappa shape index (κ2) is 6.51. The molecule has 1 atom stereocenters. The summed E-state index contributed by atoms with van der Waals surface area (Å²) in [5.41, 5.74) is 1.66. The molecule has 2 aromatic heterocycles. The largest absolute Gasteiger partial charge is 0.458 e. The summed E-state index contributed by atoms with van der Waals surface area (Å²) in [7, 11) is 0. The molecule has 0 saturated carbocycles. The summed E-state index contributed by atoms with van der Waals surface area (Å²) in [5.74, 6) is -0.524. The highest BCUT2D eigenvalue weighted by atomic mass is 19.1. The molecule has 1 saturated heterocycles. The highest BCUT2D eigenvalue weighted by Gasteiger charge is 2.26. The van der Waals surface area contributed by atoms with Crippen molar-refractivity contribution in [2.24, 2.45) is 0 Å². The van der Waals surface area contributed by atoms with Crippen molar-refractivity contribution in [1.82, 2.24) is 19.9 Å². The second-order valence-electron chi connectivity index (χ2n) is 6.10. The first-order valence-electron chi connectivity index (χ1n) is 8.20. The van der Waals surface area contributed by atoms with Crippen LogP contribution in [0.1, 0.15) is 23.2 Å². The summed E-state index contributed by atoms with van der Waals surface area (Å²) < 4.78 is 18.6. The lowest BCUT2D eigenvalue weighted by Gasteiger charge is -2.32. The van der Waals surface area contributed by atoms with E-state index in [-0.39, 0.29) is 18.0 Å². The van der Waals surface area contributed by atoms with Gasteiger partial charge in [-0.1, -0.05) is 0 Å². The number of halogens is 1. The molecule has 128 valence electrons. The molecule has 1 aliphatic heterocycles. The number of nitrogens with zero attached hydrogens (tertiary/aromatic N) is 3. The number of piperidine rings is 1. The van der Waals surface area contributed by atoms with Crippen LogP contribution in [0, 0.1) is 5.82 Å². The van der Waals surface area contributed by atoms with Crippen LogP contribution in [0.5, 0.6) is 6.01 Å². The van der Waals surface area contributed by atoms with Gasteiger partial charge in [-0.15, -0.1) is 0 Å². The van der Waals surface area contributed by atoms with E-state index in [4.69, 9.17) is 4.74 Å². The summed E-state index contributed by atoms with van der Waals surface area (Å²) in [6.45, 7) is 1.15. The molecule has 0 spiro atoms. The normalized spacial score (nSPS) is 17.6. The van der Waals surface area contributed by atoms with Crippen LogP contribution in [-0.2, 0) is 0 Å². The van der Waals surface area contributed by atoms with Gasteiger partial charge in [-0.3, -0.25) is 4.79 Å². The minimum absolute atomic E-state index is 0.0172. The van der Waals surface area contributed by atoms with E-state index >= 15 is 0 Å². The van der Waals surface area contributed by atoms with Crippen molar-refractivity contribution >= 4 is 16.8 Å². The first-order chi connectivity index (χ1) is 12.2. The molecule has 3 heterocycles. The van der Waals surface area contributed by atoms with E-state index in [9.17, 15) is 9.18 Å². The van der Waals surface area contributed by atoms with Gasteiger partial charge in [-0.2, -0.15) is 0 Å². The molecule has 1 fully saturated rings. The van der Waals surface area contributed by atoms with Crippen LogP contribution in [0.25, 0.3) is 10.9 Å². The fraction of sp³-hybridized carbons (Fsp3) is 0.278. The lowest BCUT2D eigenvalue weighted by atomic mass is 10.1. The fourth-order valence-corrected chi connectivity index (χ4v) is 3.10. The Morgan fingerprint density at radius 1 is 1.28 bits per heavy atom. The van der Waals surface area contributed by atoms with Crippen molar-refractivity contribution in [3.8, 4) is 6.01 Å². The van der Waals surface area contributed by atoms with E-state index in [0.717, 1.165) is 36.1 Å². The van der Waals surface area contributed by atoms with Crippen LogP contribution >= 0.6 is 0 Å². The molecule has 1 amide bonds. The van der Waals surface area contributed by atoms with Crippen molar-refractivity contribution in [2.45, 2.75) is 18.9 Å². The van der Waals surface area contributed by atoms with Gasteiger partial charge in [0.05, 0.1) is 18.9 Å². The number of rotatable bonds is 3. The Bertz CT molecular complexity index is 893. The van der Waals surface area contributed by atoms with Crippen molar-refractivity contribution in [1.29, 1.82) is 0 Å². The smallest absolute Gasteiger partial charge is 0.316 e. The number of benzene rings is 1. The number of nitrogens with one attached hydrogen (secondary N) is 1. The maximum atomic E-state index is 12.9. The minimum atomic E-state index is -0.507. The molecular weight excluding hydrogens is 323 g/mol. The molecular formula is C18H17FN4O2. The molecule has 0 bridgehead atoms. The van der Waals surface area contributed by atoms with Gasteiger partial charge in [0.2, 0.25) is 0 Å². The highest BCUT2D eigenvalue weighted by molar-refractivity contribution is 5.98. The minimum Gasteiger partial charge on any atom is -0.458 e. The first-order valence-corrected chi connectivity index (χ1v) is 8.20. The van der Waals surface area contributed by atoms with Crippen molar-refractivity contribution in [3.05, 3.63) is 54.2 Å². The van der Waals surface area contributed by atoms with Gasteiger partial charge < -0.3 is 14.6 Å². The lowest BCUT2D eigenvalue weighted by molar-refractivity contribution is 0.0515. The molecule has 1 aromatic carbocycles. The summed E-state index contributed by atoms with van der Waals surface area (Å²) >= 11 is 0. The Hall–Kier alpha value is -2.96. The van der Waals surface area contributed by atoms with Gasteiger partial charge in [0.1, 0.15) is 6.10 Å². The van der Waals surface area contributed by atoms with Gasteiger partial charge in [0.15, 0.2) is 5.82 Å². The maximum absolute atomic E-state index is 12.9. The van der Waals surface area contributed by atoms with E-state index < -0.39 is 5.82 Å². The third kappa shape index (κ3) is 3.31. The molecule has 6 nitrogen and oxygen atoms in total. The molecule has 0 aliphatic carbocycles. The van der Waals surface area contributed by atoms with Crippen molar-refractivity contribution in [2.75, 3.05) is 13.1 Å². The van der Waals surface area contributed by atoms with Gasteiger partial charge >= 0.3 is 6.01 Å². The molecule has 4 rings (SSSR count). The Morgan fingerprint density at radius 2 is 2.12 bits per heavy atom. The average Bonchev–Trinajstić information content (AvgIpc) is 3.11. The van der Waals surface area contributed by atoms with Crippen LogP contribution < -0.4 is 4.74 Å². The van der Waals surface area contributed by atoms with Gasteiger partial charge in [-0.05, 0) is 37.1 Å². The van der Waals surface area contributed by atoms with Gasteiger partial charge in [0.25, 0.3) is 5.91 Å². The molecule has 1 N–H and O–H groups in total. The van der Waals surface area contributed by atoms with Gasteiger partial charge in [0, 0.05) is 29.2 Å². The molecule has 1 aliphatic rings. The molecule has 1 unspecified atom stereocenters. The van der Waals surface area contributed by atoms with E-state index in [2.05, 4.69) is 15.0 Å². The summed E-state index contributed by atoms with van der Waals surface area (Å²) in [4.78, 5) is 25.3. The summed E-state index contributed by atoms with van der Waals surface area (Å²) in [5, 5.41) is 1.01. The third-order valence-corrected chi connectivity index (χ3v) is 4.33. The summed E-state index contributed by atoms with van der Waals surface area (Å²) in [6, 6.07) is 7.71. The molecule has 25 heavy (non-hydrogen) atoms. The third-order valence-electron chi connectivity index (χ3n) is 4.33. The number of ether oxygens (including phenoxy) is 1. The van der Waals surface area contributed by atoms with E-state index in [1.54, 1.807) is 4.90 Å². The van der Waals surface area contributed by atoms with Crippen LogP contribution in [0.4, 0.5) is 4.39 Å². The summed E-state index contributed by atoms with van der Waals surface area (Å²) in [6.07, 6.45) is 5.44. The zero-order valence-electron chi connectivity index (χ0n) is 13.5. The van der Waals surface area contributed by atoms with Crippen molar-refractivity contribution < 1.29 is 13.9 Å². The first kappa shape index (κ1) is 15.6. The number of fused-ring (bicyclic) bond motifs is 1. The average molecular weight is 340 g/mol. The fourth-order valence-electron chi connectivity index (χ4n) is 3.10. The SMILES string of the molecule is O=C(c1ccc2[nH]ccc2c1)N1CCCC(Oc2ncc(F)cn2)C1. The monoisotopic (exact) mass is 340 g/mol. The molecule has 0 radical (unpaired) electrons. The molecule has 3 aromatic rings. The van der Waals surface area contributed by atoms with Crippen LogP contribution in [0.15, 0.2) is 42.9 Å². The number of aromatic amines is 1. The number of hydrogen-bond donors (Lipinski definition) is 1. The Kier molecular flexibility index (Phi) is 4.05. The zero-order valence-corrected chi connectivity index (χ0v) is 13.5. The number of H-pyrrole nitrogens is 1. The Balaban J connectivity index is 1.46. The Morgan fingerprint density at radius 3 is 2.96 bits per heavy atom. The zero-order chi connectivity index (χ0) is 17.2. The van der Waals surface area contributed by atoms with Gasteiger partial charge in [-0.25, -0.2) is 14.4 Å². The maximum Gasteiger partial charge on any atom is 0.316 e. The van der Waals surface area contributed by atoms with E-state index in [1.165, 1.54) is 0 Å². The van der Waals surface area contributed by atoms with Crippen molar-refractivity contribution in [3.63, 3.8) is 0 Å². The van der Waals surface area contributed by atoms with Crippen LogP contribution in [-0.4, -0.2) is 45.0 Å². The number of likely N-dealkylation sites (tertiary alicyclic amines) is 1. The number of carbonyl (C=O) groups excluding carboxylic acids is 1.